The van der Waals surface area contributed by atoms with Crippen LogP contribution in [-0.4, -0.2) is 75.0 Å². The van der Waals surface area contributed by atoms with E-state index < -0.39 is 53.6 Å². The molecule has 1 saturated heterocycles. The number of hydrogen-bond donors (Lipinski definition) is 1. The van der Waals surface area contributed by atoms with Crippen molar-refractivity contribution in [2.24, 2.45) is 0 Å². The van der Waals surface area contributed by atoms with Crippen LogP contribution in [0.15, 0.2) is 29.4 Å². The number of para-hydroxylation sites is 1. The predicted octanol–water partition coefficient (Wildman–Crippen LogP) is 3.10. The van der Waals surface area contributed by atoms with Gasteiger partial charge in [-0.15, -0.1) is 10.2 Å². The molecule has 0 saturated carbocycles. The molecule has 5 atom stereocenters. The summed E-state index contributed by atoms with van der Waals surface area (Å²) in [5.41, 5.74) is 0.0837. The third-order valence-electron chi connectivity index (χ3n) is 6.52. The fourth-order valence-corrected chi connectivity index (χ4v) is 5.80. The number of hydrogen-bond acceptors (Lipinski definition) is 12. The van der Waals surface area contributed by atoms with E-state index in [9.17, 15) is 19.2 Å². The minimum atomic E-state index is -1.17. The number of aryl methyl sites for hydroxylation is 1. The highest BCUT2D eigenvalue weighted by Gasteiger charge is 2.51. The zero-order valence-electron chi connectivity index (χ0n) is 25.4. The number of rotatable bonds is 14. The largest absolute Gasteiger partial charge is 0.485 e. The molecule has 3 rings (SSSR count). The molecule has 43 heavy (non-hydrogen) atoms. The molecule has 1 fully saturated rings. The molecular formula is C29H40N4O9S. The van der Waals surface area contributed by atoms with Crippen LogP contribution in [0, 0.1) is 6.92 Å². The number of esters is 3. The number of nitrogens with zero attached hydrogens (tertiary/aromatic N) is 3. The van der Waals surface area contributed by atoms with Crippen LogP contribution in [0.3, 0.4) is 0 Å². The maximum Gasteiger partial charge on any atom is 0.303 e. The molecule has 1 amide bonds. The third kappa shape index (κ3) is 9.95. The van der Waals surface area contributed by atoms with E-state index in [1.54, 1.807) is 0 Å². The van der Waals surface area contributed by atoms with E-state index in [-0.39, 0.29) is 13.2 Å². The number of carbonyl (C=O) groups is 4. The van der Waals surface area contributed by atoms with E-state index in [0.717, 1.165) is 42.3 Å². The number of benzene rings is 1. The van der Waals surface area contributed by atoms with Crippen LogP contribution in [0.5, 0.6) is 5.75 Å². The Balaban J connectivity index is 1.98. The van der Waals surface area contributed by atoms with Gasteiger partial charge in [0, 0.05) is 34.2 Å². The predicted molar refractivity (Wildman–Crippen MR) is 155 cm³/mol. The van der Waals surface area contributed by atoms with Gasteiger partial charge in [0.05, 0.1) is 0 Å². The van der Waals surface area contributed by atoms with Gasteiger partial charge in [-0.05, 0) is 25.0 Å². The van der Waals surface area contributed by atoms with Crippen molar-refractivity contribution in [3.05, 3.63) is 35.7 Å². The van der Waals surface area contributed by atoms with Gasteiger partial charge in [-0.1, -0.05) is 49.7 Å². The van der Waals surface area contributed by atoms with Crippen LogP contribution in [0.4, 0.5) is 0 Å². The van der Waals surface area contributed by atoms with Crippen molar-refractivity contribution < 1.29 is 42.9 Å². The van der Waals surface area contributed by atoms with Crippen LogP contribution < -0.4 is 10.1 Å². The molecule has 14 heteroatoms. The Bertz CT molecular complexity index is 1270. The fourth-order valence-electron chi connectivity index (χ4n) is 4.61. The Labute approximate surface area is 255 Å². The van der Waals surface area contributed by atoms with Crippen LogP contribution in [0.25, 0.3) is 0 Å². The molecule has 1 N–H and O–H groups in total. The first kappa shape index (κ1) is 33.8. The summed E-state index contributed by atoms with van der Waals surface area (Å²) in [7, 11) is 0. The van der Waals surface area contributed by atoms with Crippen molar-refractivity contribution in [1.29, 1.82) is 0 Å². The molecule has 1 aromatic carbocycles. The lowest BCUT2D eigenvalue weighted by atomic mass is 9.97. The minimum Gasteiger partial charge on any atom is -0.485 e. The van der Waals surface area contributed by atoms with Gasteiger partial charge in [-0.25, -0.2) is 0 Å². The van der Waals surface area contributed by atoms with Gasteiger partial charge in [0.1, 0.15) is 36.5 Å². The summed E-state index contributed by atoms with van der Waals surface area (Å²) in [6.45, 7) is 9.51. The lowest BCUT2D eigenvalue weighted by Crippen LogP contribution is -2.65. The summed E-state index contributed by atoms with van der Waals surface area (Å²) < 4.78 is 30.6. The van der Waals surface area contributed by atoms with Gasteiger partial charge in [0.2, 0.25) is 5.91 Å². The maximum atomic E-state index is 12.3. The van der Waals surface area contributed by atoms with E-state index in [2.05, 4.69) is 22.4 Å². The number of unbranched alkanes of at least 4 members (excludes halogenated alkanes) is 2. The standard InChI is InChI=1S/C29H40N4O9S/c1-7-8-11-14-33-24(16-39-22-13-10-9-12-17(22)2)31-32-29(33)43-28-25(30-18(3)34)27(41-21(6)37)26(40-20(5)36)23(42-28)15-38-19(4)35/h9-10,12-13,23,25-28H,7-8,11,14-16H2,1-6H3,(H,30,34)/t23-,25+,26+,27-,28+/m0/s1. The van der Waals surface area contributed by atoms with Crippen molar-refractivity contribution in [1.82, 2.24) is 20.1 Å². The molecule has 1 aliphatic rings. The Morgan fingerprint density at radius 3 is 2.30 bits per heavy atom. The van der Waals surface area contributed by atoms with E-state index in [4.69, 9.17) is 23.7 Å². The summed E-state index contributed by atoms with van der Waals surface area (Å²) >= 11 is 1.16. The van der Waals surface area contributed by atoms with Crippen LogP contribution >= 0.6 is 11.8 Å². The number of aromatic nitrogens is 3. The lowest BCUT2D eigenvalue weighted by Gasteiger charge is -2.44. The molecule has 0 spiro atoms. The molecule has 0 radical (unpaired) electrons. The quantitative estimate of drug-likeness (QED) is 0.187. The van der Waals surface area contributed by atoms with Crippen molar-refractivity contribution >= 4 is 35.6 Å². The molecule has 1 aromatic heterocycles. The molecule has 236 valence electrons. The second-order valence-electron chi connectivity index (χ2n) is 10.1. The van der Waals surface area contributed by atoms with Crippen molar-refractivity contribution in [3.8, 4) is 5.75 Å². The van der Waals surface area contributed by atoms with E-state index in [1.165, 1.54) is 27.7 Å². The number of nitrogens with one attached hydrogen (secondary N) is 1. The summed E-state index contributed by atoms with van der Waals surface area (Å²) in [6, 6.07) is 6.71. The summed E-state index contributed by atoms with van der Waals surface area (Å²) in [5, 5.41) is 12.1. The van der Waals surface area contributed by atoms with E-state index in [1.807, 2.05) is 35.8 Å². The molecule has 1 aliphatic heterocycles. The van der Waals surface area contributed by atoms with Gasteiger partial charge in [-0.3, -0.25) is 19.2 Å². The van der Waals surface area contributed by atoms with E-state index >= 15 is 0 Å². The summed E-state index contributed by atoms with van der Waals surface area (Å²) in [6.07, 6.45) is -0.486. The van der Waals surface area contributed by atoms with Gasteiger partial charge in [0.15, 0.2) is 23.2 Å². The first-order valence-electron chi connectivity index (χ1n) is 14.2. The van der Waals surface area contributed by atoms with Gasteiger partial charge in [0.25, 0.3) is 0 Å². The fraction of sp³-hybridized carbons (Fsp3) is 0.586. The topological polar surface area (TPSA) is 157 Å². The molecule has 0 unspecified atom stereocenters. The monoisotopic (exact) mass is 620 g/mol. The van der Waals surface area contributed by atoms with Crippen molar-refractivity contribution in [3.63, 3.8) is 0 Å². The first-order valence-corrected chi connectivity index (χ1v) is 15.1. The van der Waals surface area contributed by atoms with Crippen molar-refractivity contribution in [2.75, 3.05) is 6.61 Å². The van der Waals surface area contributed by atoms with Crippen LogP contribution in [0.1, 0.15) is 65.3 Å². The highest BCUT2D eigenvalue weighted by Crippen LogP contribution is 2.36. The Morgan fingerprint density at radius 2 is 1.67 bits per heavy atom. The molecule has 2 heterocycles. The minimum absolute atomic E-state index is 0.171. The average Bonchev–Trinajstić information content (AvgIpc) is 3.30. The number of thioether (sulfide) groups is 1. The number of amides is 1. The molecule has 2 aromatic rings. The molecule has 0 aliphatic carbocycles. The summed E-state index contributed by atoms with van der Waals surface area (Å²) in [4.78, 5) is 48.2. The molecule has 0 bridgehead atoms. The van der Waals surface area contributed by atoms with Crippen LogP contribution in [0.2, 0.25) is 0 Å². The lowest BCUT2D eigenvalue weighted by molar-refractivity contribution is -0.211. The Kier molecular flexibility index (Phi) is 12.8. The highest BCUT2D eigenvalue weighted by molar-refractivity contribution is 7.99. The number of carbonyl (C=O) groups excluding carboxylic acids is 4. The highest BCUT2D eigenvalue weighted by atomic mass is 32.2. The molecule has 13 nitrogen and oxygen atoms in total. The normalized spacial score (nSPS) is 21.5. The molecular weight excluding hydrogens is 580 g/mol. The second-order valence-corrected chi connectivity index (χ2v) is 11.2. The van der Waals surface area contributed by atoms with Crippen molar-refractivity contribution in [2.45, 2.75) is 109 Å². The van der Waals surface area contributed by atoms with Gasteiger partial charge in [-0.2, -0.15) is 0 Å². The zero-order chi connectivity index (χ0) is 31.5. The van der Waals surface area contributed by atoms with Crippen LogP contribution in [-0.2, 0) is 51.3 Å². The second kappa shape index (κ2) is 16.3. The summed E-state index contributed by atoms with van der Waals surface area (Å²) in [5.74, 6) is -0.993. The maximum absolute atomic E-state index is 12.3. The Morgan fingerprint density at radius 1 is 0.977 bits per heavy atom. The smallest absolute Gasteiger partial charge is 0.303 e. The van der Waals surface area contributed by atoms with Gasteiger partial charge < -0.3 is 33.6 Å². The van der Waals surface area contributed by atoms with Gasteiger partial charge >= 0.3 is 17.9 Å². The first-order chi connectivity index (χ1) is 20.5. The third-order valence-corrected chi connectivity index (χ3v) is 7.67. The zero-order valence-corrected chi connectivity index (χ0v) is 26.2. The Hall–Kier alpha value is -3.65. The van der Waals surface area contributed by atoms with E-state index in [0.29, 0.717) is 17.5 Å². The average molecular weight is 621 g/mol. The number of ether oxygens (including phenoxy) is 5. The SMILES string of the molecule is CCCCCn1c(COc2ccccc2C)nnc1S[C@H]1O[C@@H](COC(C)=O)[C@@H](OC(C)=O)[C@@H](OC(C)=O)[C@H]1NC(C)=O.